The molecule has 0 aliphatic heterocycles. The van der Waals surface area contributed by atoms with Gasteiger partial charge < -0.3 is 10.4 Å². The maximum Gasteiger partial charge on any atom is 0.267 e. The quantitative estimate of drug-likeness (QED) is 0.0346. The molecule has 0 aromatic carbocycles. The van der Waals surface area contributed by atoms with Crippen LogP contribution in [-0.4, -0.2) is 41.9 Å². The number of aliphatic hydroxyl groups is 1. The van der Waals surface area contributed by atoms with Crippen LogP contribution in [0.1, 0.15) is 181 Å². The topological polar surface area (TPSA) is 104 Å². The lowest BCUT2D eigenvalue weighted by molar-refractivity contribution is -0.122. The molecule has 0 spiro atoms. The summed E-state index contributed by atoms with van der Waals surface area (Å²) < 4.78 is 32.4. The zero-order chi connectivity index (χ0) is 36.1. The van der Waals surface area contributed by atoms with E-state index in [2.05, 4.69) is 67.8 Å². The number of hydrogen-bond acceptors (Lipinski definition) is 4. The second kappa shape index (κ2) is 35.9. The van der Waals surface area contributed by atoms with Gasteiger partial charge in [-0.05, 0) is 64.2 Å². The molecule has 6 nitrogen and oxygen atoms in total. The molecule has 2 unspecified atom stereocenters. The summed E-state index contributed by atoms with van der Waals surface area (Å²) in [6.45, 7) is 4.40. The number of amides is 1. The Kier molecular flexibility index (Phi) is 34.4. The van der Waals surface area contributed by atoms with E-state index >= 15 is 0 Å². The number of nitrogens with one attached hydrogen (secondary N) is 1. The molecule has 3 N–H and O–H groups in total. The first kappa shape index (κ1) is 47.0. The van der Waals surface area contributed by atoms with Crippen LogP contribution in [0.25, 0.3) is 0 Å². The van der Waals surface area contributed by atoms with Crippen LogP contribution in [0.3, 0.4) is 0 Å². The number of unbranched alkanes of at least 4 members (excludes halogenated alkanes) is 19. The van der Waals surface area contributed by atoms with Gasteiger partial charge in [0.15, 0.2) is 0 Å². The van der Waals surface area contributed by atoms with Crippen LogP contribution in [0.4, 0.5) is 0 Å². The van der Waals surface area contributed by atoms with Crippen molar-refractivity contribution in [2.75, 3.05) is 5.75 Å². The standard InChI is InChI=1S/C42H75NO5S/c1-3-5-7-9-11-13-15-17-19-20-21-22-24-25-27-29-31-33-35-37-41(44)40(39-49(46,47)48)43-42(45)38-36-34-32-30-28-26-23-18-16-14-12-10-8-6-4-2/h6,8,12,14,18,23,27,29,35,37,40-41,44H,3-5,7,9-11,13,15-17,19-22,24-26,28,30-34,36,38-39H2,1-2H3,(H,43,45)(H,46,47,48)/b8-6-,14-12-,23-18-,29-27+,37-35+. The van der Waals surface area contributed by atoms with Gasteiger partial charge in [0.1, 0.15) is 0 Å². The summed E-state index contributed by atoms with van der Waals surface area (Å²) in [5.74, 6) is -1.03. The van der Waals surface area contributed by atoms with E-state index < -0.39 is 28.0 Å². The Balaban J connectivity index is 4.02. The second-order valence-electron chi connectivity index (χ2n) is 13.5. The summed E-state index contributed by atoms with van der Waals surface area (Å²) >= 11 is 0. The molecule has 0 radical (unpaired) electrons. The molecule has 2 atom stereocenters. The minimum atomic E-state index is -4.36. The highest BCUT2D eigenvalue weighted by atomic mass is 32.2. The van der Waals surface area contributed by atoms with Gasteiger partial charge in [0.25, 0.3) is 10.1 Å². The van der Waals surface area contributed by atoms with Crippen LogP contribution in [0, 0.1) is 0 Å². The molecule has 49 heavy (non-hydrogen) atoms. The predicted octanol–water partition coefficient (Wildman–Crippen LogP) is 11.7. The molecule has 0 heterocycles. The third-order valence-corrected chi connectivity index (χ3v) is 9.46. The van der Waals surface area contributed by atoms with Crippen molar-refractivity contribution in [3.63, 3.8) is 0 Å². The average Bonchev–Trinajstić information content (AvgIpc) is 3.06. The maximum atomic E-state index is 12.5. The van der Waals surface area contributed by atoms with E-state index in [0.717, 1.165) is 64.2 Å². The van der Waals surface area contributed by atoms with Crippen LogP contribution in [0.15, 0.2) is 60.8 Å². The predicted molar refractivity (Wildman–Crippen MR) is 211 cm³/mol. The van der Waals surface area contributed by atoms with Crippen molar-refractivity contribution < 1.29 is 22.9 Å². The lowest BCUT2D eigenvalue weighted by Crippen LogP contribution is -2.46. The number of hydrogen-bond donors (Lipinski definition) is 3. The summed E-state index contributed by atoms with van der Waals surface area (Å²) in [5.41, 5.74) is 0. The Morgan fingerprint density at radius 2 is 1.00 bits per heavy atom. The molecular weight excluding hydrogens is 631 g/mol. The van der Waals surface area contributed by atoms with E-state index in [1.807, 2.05) is 6.08 Å². The van der Waals surface area contributed by atoms with Crippen molar-refractivity contribution in [3.05, 3.63) is 60.8 Å². The normalized spacial score (nSPS) is 14.0. The highest BCUT2D eigenvalue weighted by Gasteiger charge is 2.24. The van der Waals surface area contributed by atoms with Crippen molar-refractivity contribution in [1.82, 2.24) is 5.32 Å². The first-order valence-electron chi connectivity index (χ1n) is 20.0. The van der Waals surface area contributed by atoms with Crippen LogP contribution < -0.4 is 5.32 Å². The molecule has 0 bridgehead atoms. The fraction of sp³-hybridized carbons (Fsp3) is 0.738. The van der Waals surface area contributed by atoms with Crippen molar-refractivity contribution >= 4 is 16.0 Å². The summed E-state index contributed by atoms with van der Waals surface area (Å²) in [7, 11) is -4.36. The molecule has 7 heteroatoms. The summed E-state index contributed by atoms with van der Waals surface area (Å²) in [5, 5.41) is 13.2. The van der Waals surface area contributed by atoms with Crippen LogP contribution >= 0.6 is 0 Å². The first-order chi connectivity index (χ1) is 23.8. The zero-order valence-corrected chi connectivity index (χ0v) is 32.4. The molecule has 0 aliphatic carbocycles. The smallest absolute Gasteiger partial charge is 0.267 e. The van der Waals surface area contributed by atoms with Crippen molar-refractivity contribution in [2.24, 2.45) is 0 Å². The SMILES string of the molecule is CC/C=C\C/C=C\C/C=C\CCCCCCCC(=O)NC(CS(=O)(=O)O)C(O)/C=C/CC/C=C/CCCCCCCCCCCCCCC. The van der Waals surface area contributed by atoms with E-state index in [0.29, 0.717) is 12.8 Å². The lowest BCUT2D eigenvalue weighted by atomic mass is 10.0. The van der Waals surface area contributed by atoms with Gasteiger partial charge in [0.05, 0.1) is 17.9 Å². The number of rotatable bonds is 35. The fourth-order valence-electron chi connectivity index (χ4n) is 5.71. The molecular formula is C42H75NO5S. The Labute approximate surface area is 302 Å². The fourth-order valence-corrected chi connectivity index (χ4v) is 6.45. The Hall–Kier alpha value is -1.96. The average molecular weight is 706 g/mol. The lowest BCUT2D eigenvalue weighted by Gasteiger charge is -2.21. The maximum absolute atomic E-state index is 12.5. The van der Waals surface area contributed by atoms with Gasteiger partial charge in [0.2, 0.25) is 5.91 Å². The van der Waals surface area contributed by atoms with Gasteiger partial charge in [-0.15, -0.1) is 0 Å². The Bertz CT molecular complexity index is 999. The highest BCUT2D eigenvalue weighted by molar-refractivity contribution is 7.85. The van der Waals surface area contributed by atoms with E-state index in [9.17, 15) is 22.9 Å². The van der Waals surface area contributed by atoms with Gasteiger partial charge in [0, 0.05) is 6.42 Å². The largest absolute Gasteiger partial charge is 0.387 e. The van der Waals surface area contributed by atoms with Gasteiger partial charge in [-0.1, -0.05) is 171 Å². The van der Waals surface area contributed by atoms with Gasteiger partial charge in [-0.3, -0.25) is 9.35 Å². The first-order valence-corrected chi connectivity index (χ1v) is 21.6. The van der Waals surface area contributed by atoms with E-state index in [1.165, 1.54) is 89.5 Å². The van der Waals surface area contributed by atoms with Gasteiger partial charge >= 0.3 is 0 Å². The highest BCUT2D eigenvalue weighted by Crippen LogP contribution is 2.14. The van der Waals surface area contributed by atoms with Crippen molar-refractivity contribution in [2.45, 2.75) is 193 Å². The number of aliphatic hydroxyl groups excluding tert-OH is 1. The Morgan fingerprint density at radius 3 is 1.53 bits per heavy atom. The second-order valence-corrected chi connectivity index (χ2v) is 15.0. The minimum Gasteiger partial charge on any atom is -0.387 e. The van der Waals surface area contributed by atoms with Gasteiger partial charge in [-0.2, -0.15) is 8.42 Å². The summed E-state index contributed by atoms with van der Waals surface area (Å²) in [6.07, 6.45) is 49.2. The summed E-state index contributed by atoms with van der Waals surface area (Å²) in [6, 6.07) is -1.08. The molecule has 0 saturated carbocycles. The van der Waals surface area contributed by atoms with Crippen molar-refractivity contribution in [1.29, 1.82) is 0 Å². The monoisotopic (exact) mass is 706 g/mol. The molecule has 0 fully saturated rings. The molecule has 0 rings (SSSR count). The number of carbonyl (C=O) groups is 1. The molecule has 1 amide bonds. The van der Waals surface area contributed by atoms with Gasteiger partial charge in [-0.25, -0.2) is 0 Å². The van der Waals surface area contributed by atoms with Crippen LogP contribution in [0.5, 0.6) is 0 Å². The van der Waals surface area contributed by atoms with Crippen LogP contribution in [-0.2, 0) is 14.9 Å². The van der Waals surface area contributed by atoms with Crippen LogP contribution in [0.2, 0.25) is 0 Å². The summed E-state index contributed by atoms with van der Waals surface area (Å²) in [4.78, 5) is 12.5. The molecule has 0 aromatic rings. The third kappa shape index (κ3) is 37.1. The van der Waals surface area contributed by atoms with Crippen molar-refractivity contribution in [3.8, 4) is 0 Å². The number of allylic oxidation sites excluding steroid dienone is 9. The van der Waals surface area contributed by atoms with E-state index in [4.69, 9.17) is 0 Å². The minimum absolute atomic E-state index is 0.266. The molecule has 0 aromatic heterocycles. The Morgan fingerprint density at radius 1 is 0.571 bits per heavy atom. The number of carbonyl (C=O) groups excluding carboxylic acids is 1. The van der Waals surface area contributed by atoms with E-state index in [1.54, 1.807) is 0 Å². The molecule has 0 saturated heterocycles. The zero-order valence-electron chi connectivity index (χ0n) is 31.5. The third-order valence-electron chi connectivity index (χ3n) is 8.68. The van der Waals surface area contributed by atoms with E-state index in [-0.39, 0.29) is 12.3 Å². The molecule has 284 valence electrons. The molecule has 0 aliphatic rings.